The van der Waals surface area contributed by atoms with E-state index in [-0.39, 0.29) is 5.91 Å². The molecule has 2 rings (SSSR count). The summed E-state index contributed by atoms with van der Waals surface area (Å²) in [6.07, 6.45) is 0.338. The van der Waals surface area contributed by atoms with Gasteiger partial charge in [-0.3, -0.25) is 4.79 Å². The van der Waals surface area contributed by atoms with Crippen LogP contribution in [0.2, 0.25) is 0 Å². The SMILES string of the molecule is CCc1ccccc1O[C@H](C)C(=O)NCCOCc1ccccc1. The first-order chi connectivity index (χ1) is 11.7. The van der Waals surface area contributed by atoms with Crippen LogP contribution in [-0.4, -0.2) is 25.2 Å². The van der Waals surface area contributed by atoms with Crippen molar-refractivity contribution >= 4 is 5.91 Å². The molecule has 1 amide bonds. The number of hydrogen-bond donors (Lipinski definition) is 1. The summed E-state index contributed by atoms with van der Waals surface area (Å²) in [4.78, 5) is 12.1. The monoisotopic (exact) mass is 327 g/mol. The van der Waals surface area contributed by atoms with E-state index in [1.807, 2.05) is 54.6 Å². The molecule has 0 saturated heterocycles. The second kappa shape index (κ2) is 9.73. The first-order valence-electron chi connectivity index (χ1n) is 8.34. The van der Waals surface area contributed by atoms with E-state index in [0.717, 1.165) is 23.3 Å². The number of carbonyl (C=O) groups is 1. The molecule has 0 bridgehead atoms. The summed E-state index contributed by atoms with van der Waals surface area (Å²) in [6, 6.07) is 17.8. The van der Waals surface area contributed by atoms with Gasteiger partial charge in [0.25, 0.3) is 5.91 Å². The summed E-state index contributed by atoms with van der Waals surface area (Å²) < 4.78 is 11.3. The molecule has 0 unspecified atom stereocenters. The lowest BCUT2D eigenvalue weighted by atomic mass is 10.1. The molecule has 0 aliphatic carbocycles. The number of nitrogens with one attached hydrogen (secondary N) is 1. The van der Waals surface area contributed by atoms with E-state index < -0.39 is 6.10 Å². The van der Waals surface area contributed by atoms with Gasteiger partial charge in [-0.15, -0.1) is 0 Å². The van der Waals surface area contributed by atoms with Crippen LogP contribution in [-0.2, 0) is 22.6 Å². The van der Waals surface area contributed by atoms with Crippen molar-refractivity contribution in [3.05, 3.63) is 65.7 Å². The highest BCUT2D eigenvalue weighted by molar-refractivity contribution is 5.80. The van der Waals surface area contributed by atoms with Crippen LogP contribution in [0.3, 0.4) is 0 Å². The molecular formula is C20H25NO3. The molecule has 1 N–H and O–H groups in total. The van der Waals surface area contributed by atoms with E-state index in [0.29, 0.717) is 19.8 Å². The van der Waals surface area contributed by atoms with Crippen molar-refractivity contribution in [1.29, 1.82) is 0 Å². The number of carbonyl (C=O) groups excluding carboxylic acids is 1. The number of aryl methyl sites for hydroxylation is 1. The molecular weight excluding hydrogens is 302 g/mol. The molecule has 0 spiro atoms. The first kappa shape index (κ1) is 18.0. The van der Waals surface area contributed by atoms with Crippen molar-refractivity contribution in [2.45, 2.75) is 33.0 Å². The van der Waals surface area contributed by atoms with E-state index in [9.17, 15) is 4.79 Å². The molecule has 2 aromatic carbocycles. The van der Waals surface area contributed by atoms with Gasteiger partial charge >= 0.3 is 0 Å². The topological polar surface area (TPSA) is 47.6 Å². The van der Waals surface area contributed by atoms with Crippen LogP contribution in [0.25, 0.3) is 0 Å². The molecule has 0 saturated carbocycles. The van der Waals surface area contributed by atoms with Gasteiger partial charge in [0.15, 0.2) is 6.10 Å². The van der Waals surface area contributed by atoms with Crippen LogP contribution >= 0.6 is 0 Å². The molecule has 0 aliphatic heterocycles. The third-order valence-corrected chi connectivity index (χ3v) is 3.68. The minimum Gasteiger partial charge on any atom is -0.481 e. The Balaban J connectivity index is 1.68. The van der Waals surface area contributed by atoms with Gasteiger partial charge in [0.1, 0.15) is 5.75 Å². The predicted octanol–water partition coefficient (Wildman–Crippen LogP) is 3.35. The van der Waals surface area contributed by atoms with Gasteiger partial charge in [0, 0.05) is 6.54 Å². The van der Waals surface area contributed by atoms with Crippen molar-refractivity contribution in [1.82, 2.24) is 5.32 Å². The van der Waals surface area contributed by atoms with Gasteiger partial charge in [-0.2, -0.15) is 0 Å². The summed E-state index contributed by atoms with van der Waals surface area (Å²) in [7, 11) is 0. The third kappa shape index (κ3) is 5.70. The first-order valence-corrected chi connectivity index (χ1v) is 8.34. The Labute approximate surface area is 143 Å². The molecule has 0 aromatic heterocycles. The van der Waals surface area contributed by atoms with Gasteiger partial charge < -0.3 is 14.8 Å². The molecule has 24 heavy (non-hydrogen) atoms. The minimum atomic E-state index is -0.535. The summed E-state index contributed by atoms with van der Waals surface area (Å²) in [5.41, 5.74) is 2.22. The number of para-hydroxylation sites is 1. The summed E-state index contributed by atoms with van der Waals surface area (Å²) >= 11 is 0. The third-order valence-electron chi connectivity index (χ3n) is 3.68. The standard InChI is InChI=1S/C20H25NO3/c1-3-18-11-7-8-12-19(18)24-16(2)20(22)21-13-14-23-15-17-9-5-4-6-10-17/h4-12,16H,3,13-15H2,1-2H3,(H,21,22)/t16-/m1/s1. The van der Waals surface area contributed by atoms with Crippen molar-refractivity contribution in [2.75, 3.05) is 13.2 Å². The van der Waals surface area contributed by atoms with Gasteiger partial charge in [0.05, 0.1) is 13.2 Å². The van der Waals surface area contributed by atoms with E-state index in [2.05, 4.69) is 12.2 Å². The Morgan fingerprint density at radius 2 is 1.79 bits per heavy atom. The maximum absolute atomic E-state index is 12.1. The number of amides is 1. The number of hydrogen-bond acceptors (Lipinski definition) is 3. The molecule has 0 fully saturated rings. The molecule has 4 heteroatoms. The quantitative estimate of drug-likeness (QED) is 0.719. The summed E-state index contributed by atoms with van der Waals surface area (Å²) in [5, 5.41) is 2.84. The van der Waals surface area contributed by atoms with Gasteiger partial charge in [0.2, 0.25) is 0 Å². The van der Waals surface area contributed by atoms with Crippen LogP contribution in [0.1, 0.15) is 25.0 Å². The zero-order valence-corrected chi connectivity index (χ0v) is 14.3. The number of ether oxygens (including phenoxy) is 2. The Hall–Kier alpha value is -2.33. The van der Waals surface area contributed by atoms with Gasteiger partial charge in [-0.1, -0.05) is 55.5 Å². The minimum absolute atomic E-state index is 0.135. The highest BCUT2D eigenvalue weighted by Gasteiger charge is 2.15. The highest BCUT2D eigenvalue weighted by atomic mass is 16.5. The van der Waals surface area contributed by atoms with Crippen LogP contribution < -0.4 is 10.1 Å². The number of benzene rings is 2. The normalized spacial score (nSPS) is 11.8. The van der Waals surface area contributed by atoms with E-state index >= 15 is 0 Å². The maximum atomic E-state index is 12.1. The molecule has 4 nitrogen and oxygen atoms in total. The fourth-order valence-corrected chi connectivity index (χ4v) is 2.31. The average Bonchev–Trinajstić information content (AvgIpc) is 2.62. The smallest absolute Gasteiger partial charge is 0.260 e. The Kier molecular flexibility index (Phi) is 7.30. The van der Waals surface area contributed by atoms with Crippen molar-refractivity contribution in [2.24, 2.45) is 0 Å². The van der Waals surface area contributed by atoms with E-state index in [1.165, 1.54) is 0 Å². The lowest BCUT2D eigenvalue weighted by Crippen LogP contribution is -2.38. The number of rotatable bonds is 9. The Morgan fingerprint density at radius 3 is 2.54 bits per heavy atom. The summed E-state index contributed by atoms with van der Waals surface area (Å²) in [5.74, 6) is 0.632. The molecule has 0 radical (unpaired) electrons. The van der Waals surface area contributed by atoms with Crippen LogP contribution in [0.5, 0.6) is 5.75 Å². The van der Waals surface area contributed by atoms with E-state index in [4.69, 9.17) is 9.47 Å². The van der Waals surface area contributed by atoms with Crippen LogP contribution in [0, 0.1) is 0 Å². The van der Waals surface area contributed by atoms with Crippen molar-refractivity contribution < 1.29 is 14.3 Å². The molecule has 128 valence electrons. The van der Waals surface area contributed by atoms with Crippen molar-refractivity contribution in [3.8, 4) is 5.75 Å². The second-order valence-electron chi connectivity index (χ2n) is 5.55. The molecule has 2 aromatic rings. The van der Waals surface area contributed by atoms with E-state index in [1.54, 1.807) is 6.92 Å². The zero-order valence-electron chi connectivity index (χ0n) is 14.3. The fourth-order valence-electron chi connectivity index (χ4n) is 2.31. The van der Waals surface area contributed by atoms with Crippen molar-refractivity contribution in [3.63, 3.8) is 0 Å². The lowest BCUT2D eigenvalue weighted by Gasteiger charge is -2.17. The zero-order chi connectivity index (χ0) is 17.2. The predicted molar refractivity (Wildman–Crippen MR) is 95.0 cm³/mol. The second-order valence-corrected chi connectivity index (χ2v) is 5.55. The Morgan fingerprint density at radius 1 is 1.08 bits per heavy atom. The highest BCUT2D eigenvalue weighted by Crippen LogP contribution is 2.19. The fraction of sp³-hybridized carbons (Fsp3) is 0.350. The molecule has 0 aliphatic rings. The Bertz CT molecular complexity index is 628. The average molecular weight is 327 g/mol. The maximum Gasteiger partial charge on any atom is 0.260 e. The van der Waals surface area contributed by atoms with Gasteiger partial charge in [-0.25, -0.2) is 0 Å². The van der Waals surface area contributed by atoms with Crippen LogP contribution in [0.15, 0.2) is 54.6 Å². The summed E-state index contributed by atoms with van der Waals surface area (Å²) in [6.45, 7) is 5.31. The largest absolute Gasteiger partial charge is 0.481 e. The lowest BCUT2D eigenvalue weighted by molar-refractivity contribution is -0.127. The molecule has 0 heterocycles. The molecule has 1 atom stereocenters. The van der Waals surface area contributed by atoms with Gasteiger partial charge in [-0.05, 0) is 30.5 Å². The van der Waals surface area contributed by atoms with Crippen LogP contribution in [0.4, 0.5) is 0 Å².